The minimum atomic E-state index is -1.56. The molecule has 1 aromatic rings. The van der Waals surface area contributed by atoms with Crippen LogP contribution in [0.1, 0.15) is 6.92 Å². The van der Waals surface area contributed by atoms with Gasteiger partial charge in [0, 0.05) is 20.6 Å². The molecule has 0 N–H and O–H groups in total. The van der Waals surface area contributed by atoms with E-state index in [4.69, 9.17) is 16.3 Å². The molecule has 0 fully saturated rings. The Morgan fingerprint density at radius 1 is 1.65 bits per heavy atom. The van der Waals surface area contributed by atoms with Gasteiger partial charge in [0.15, 0.2) is 0 Å². The summed E-state index contributed by atoms with van der Waals surface area (Å²) in [6, 6.07) is 3.58. The average Bonchev–Trinajstić information content (AvgIpc) is 2.38. The van der Waals surface area contributed by atoms with Gasteiger partial charge in [0.2, 0.25) is 0 Å². The molecule has 0 saturated heterocycles. The number of carbonyl (C=O) groups is 1. The molecule has 2 rings (SSSR count). The van der Waals surface area contributed by atoms with Crippen LogP contribution in [0.25, 0.3) is 0 Å². The molecule has 1 aromatic carbocycles. The highest BCUT2D eigenvalue weighted by molar-refractivity contribution is 8.00. The Balaban J connectivity index is 2.36. The molecule has 1 aliphatic rings. The van der Waals surface area contributed by atoms with Crippen LogP contribution in [0.5, 0.6) is 0 Å². The second-order valence-corrected chi connectivity index (χ2v) is 5.40. The van der Waals surface area contributed by atoms with Crippen LogP contribution in [-0.4, -0.2) is 35.0 Å². The Bertz CT molecular complexity index is 591. The quantitative estimate of drug-likeness (QED) is 0.485. The van der Waals surface area contributed by atoms with Crippen molar-refractivity contribution in [1.29, 1.82) is 0 Å². The van der Waals surface area contributed by atoms with Crippen molar-refractivity contribution in [2.45, 2.75) is 17.9 Å². The fourth-order valence-electron chi connectivity index (χ4n) is 1.74. The van der Waals surface area contributed by atoms with Crippen LogP contribution in [0, 0.1) is 10.1 Å². The largest absolute Gasteiger partial charge is 0.461 e. The third-order valence-corrected chi connectivity index (χ3v) is 3.93. The maximum absolute atomic E-state index is 11.7. The van der Waals surface area contributed by atoms with Gasteiger partial charge in [-0.25, -0.2) is 9.79 Å². The smallest absolute Gasteiger partial charge is 0.388 e. The molecule has 0 amide bonds. The second-order valence-electron chi connectivity index (χ2n) is 3.94. The first-order chi connectivity index (χ1) is 9.52. The van der Waals surface area contributed by atoms with Gasteiger partial charge in [0.25, 0.3) is 0 Å². The molecule has 0 bridgehead atoms. The van der Waals surface area contributed by atoms with E-state index in [1.165, 1.54) is 11.8 Å². The summed E-state index contributed by atoms with van der Waals surface area (Å²) < 4.78 is 4.73. The lowest BCUT2D eigenvalue weighted by Crippen LogP contribution is -2.40. The van der Waals surface area contributed by atoms with Crippen molar-refractivity contribution in [2.75, 3.05) is 12.4 Å². The standard InChI is InChI=1S/C12H11ClN2O4S/c1-2-19-12(16)11(15(17)18)9-6-20-10-4-3-7(13)5-8(10)14-9/h3-5,11H,2,6H2,1H3. The number of ether oxygens (including phenoxy) is 1. The van der Waals surface area contributed by atoms with Gasteiger partial charge in [-0.15, -0.1) is 11.8 Å². The van der Waals surface area contributed by atoms with Crippen molar-refractivity contribution in [3.63, 3.8) is 0 Å². The molecule has 20 heavy (non-hydrogen) atoms. The molecular weight excluding hydrogens is 304 g/mol. The van der Waals surface area contributed by atoms with Crippen LogP contribution in [0.15, 0.2) is 28.1 Å². The lowest BCUT2D eigenvalue weighted by molar-refractivity contribution is -0.492. The summed E-state index contributed by atoms with van der Waals surface area (Å²) >= 11 is 7.26. The number of rotatable bonds is 4. The second kappa shape index (κ2) is 6.23. The van der Waals surface area contributed by atoms with Crippen molar-refractivity contribution in [3.8, 4) is 0 Å². The van der Waals surface area contributed by atoms with Crippen LogP contribution >= 0.6 is 23.4 Å². The summed E-state index contributed by atoms with van der Waals surface area (Å²) in [6.45, 7) is 1.69. The van der Waals surface area contributed by atoms with Gasteiger partial charge in [-0.2, -0.15) is 0 Å². The Labute approximate surface area is 124 Å². The zero-order valence-corrected chi connectivity index (χ0v) is 12.1. The number of nitrogens with zero attached hydrogens (tertiary/aromatic N) is 2. The van der Waals surface area contributed by atoms with Gasteiger partial charge < -0.3 is 4.74 Å². The van der Waals surface area contributed by atoms with Gasteiger partial charge in [-0.1, -0.05) is 11.6 Å². The number of aliphatic imine (C=N–C) groups is 1. The highest BCUT2D eigenvalue weighted by Crippen LogP contribution is 2.36. The van der Waals surface area contributed by atoms with Gasteiger partial charge in [-0.3, -0.25) is 10.1 Å². The van der Waals surface area contributed by atoms with Crippen molar-refractivity contribution >= 4 is 40.7 Å². The summed E-state index contributed by atoms with van der Waals surface area (Å²) in [6.07, 6.45) is 0. The van der Waals surface area contributed by atoms with E-state index in [0.717, 1.165) is 4.90 Å². The number of carbonyl (C=O) groups excluding carboxylic acids is 1. The highest BCUT2D eigenvalue weighted by Gasteiger charge is 2.38. The van der Waals surface area contributed by atoms with Gasteiger partial charge in [-0.05, 0) is 25.1 Å². The molecule has 0 radical (unpaired) electrons. The number of fused-ring (bicyclic) bond motifs is 1. The summed E-state index contributed by atoms with van der Waals surface area (Å²) in [5, 5.41) is 11.6. The van der Waals surface area contributed by atoms with Crippen molar-refractivity contribution in [3.05, 3.63) is 33.3 Å². The monoisotopic (exact) mass is 314 g/mol. The first kappa shape index (κ1) is 14.8. The van der Waals surface area contributed by atoms with E-state index in [1.807, 2.05) is 0 Å². The molecule has 1 unspecified atom stereocenters. The third-order valence-electron chi connectivity index (χ3n) is 2.60. The number of halogens is 1. The molecule has 8 heteroatoms. The molecular formula is C12H11ClN2O4S. The van der Waals surface area contributed by atoms with Crippen LogP contribution < -0.4 is 0 Å². The van der Waals surface area contributed by atoms with E-state index in [0.29, 0.717) is 10.7 Å². The molecule has 0 aliphatic carbocycles. The van der Waals surface area contributed by atoms with Crippen LogP contribution in [-0.2, 0) is 9.53 Å². The van der Waals surface area contributed by atoms with Crippen LogP contribution in [0.2, 0.25) is 5.02 Å². The summed E-state index contributed by atoms with van der Waals surface area (Å²) in [4.78, 5) is 27.2. The summed E-state index contributed by atoms with van der Waals surface area (Å²) in [5.74, 6) is -0.610. The lowest BCUT2D eigenvalue weighted by Gasteiger charge is -2.17. The fraction of sp³-hybridized carbons (Fsp3) is 0.333. The van der Waals surface area contributed by atoms with E-state index in [1.54, 1.807) is 25.1 Å². The van der Waals surface area contributed by atoms with Crippen molar-refractivity contribution in [1.82, 2.24) is 0 Å². The Kier molecular flexibility index (Phi) is 4.61. The maximum Gasteiger partial charge on any atom is 0.388 e. The van der Waals surface area contributed by atoms with Gasteiger partial charge in [0.05, 0.1) is 12.3 Å². The zero-order chi connectivity index (χ0) is 14.7. The first-order valence-electron chi connectivity index (χ1n) is 5.83. The topological polar surface area (TPSA) is 81.8 Å². The molecule has 1 aliphatic heterocycles. The number of nitro groups is 1. The number of esters is 1. The molecule has 0 saturated carbocycles. The van der Waals surface area contributed by atoms with Crippen molar-refractivity contribution < 1.29 is 14.5 Å². The normalized spacial score (nSPS) is 15.0. The molecule has 0 aromatic heterocycles. The van der Waals surface area contributed by atoms with Gasteiger partial charge >= 0.3 is 12.0 Å². The molecule has 1 heterocycles. The first-order valence-corrected chi connectivity index (χ1v) is 7.19. The Morgan fingerprint density at radius 3 is 3.05 bits per heavy atom. The van der Waals surface area contributed by atoms with E-state index in [2.05, 4.69) is 4.99 Å². The minimum absolute atomic E-state index is 0.0893. The molecule has 106 valence electrons. The van der Waals surface area contributed by atoms with E-state index in [9.17, 15) is 14.9 Å². The molecule has 0 spiro atoms. The SMILES string of the molecule is CCOC(=O)C(C1=Nc2cc(Cl)ccc2SC1)[N+](=O)[O-]. The van der Waals surface area contributed by atoms with E-state index < -0.39 is 16.9 Å². The van der Waals surface area contributed by atoms with E-state index in [-0.39, 0.29) is 18.1 Å². The molecule has 1 atom stereocenters. The van der Waals surface area contributed by atoms with Gasteiger partial charge in [0.1, 0.15) is 5.71 Å². The Morgan fingerprint density at radius 2 is 2.40 bits per heavy atom. The van der Waals surface area contributed by atoms with Crippen LogP contribution in [0.4, 0.5) is 5.69 Å². The summed E-state index contributed by atoms with van der Waals surface area (Å²) in [7, 11) is 0. The molecule has 6 nitrogen and oxygen atoms in total. The number of benzene rings is 1. The Hall–Kier alpha value is -1.60. The van der Waals surface area contributed by atoms with Crippen molar-refractivity contribution in [2.24, 2.45) is 4.99 Å². The lowest BCUT2D eigenvalue weighted by atomic mass is 10.2. The maximum atomic E-state index is 11.7. The predicted octanol–water partition coefficient (Wildman–Crippen LogP) is 2.73. The average molecular weight is 315 g/mol. The third kappa shape index (κ3) is 3.10. The number of hydrogen-bond donors (Lipinski definition) is 0. The minimum Gasteiger partial charge on any atom is -0.461 e. The van der Waals surface area contributed by atoms with E-state index >= 15 is 0 Å². The predicted molar refractivity (Wildman–Crippen MR) is 76.7 cm³/mol. The highest BCUT2D eigenvalue weighted by atomic mass is 35.5. The van der Waals surface area contributed by atoms with Crippen LogP contribution in [0.3, 0.4) is 0 Å². The number of thioether (sulfide) groups is 1. The fourth-order valence-corrected chi connectivity index (χ4v) is 2.85. The zero-order valence-electron chi connectivity index (χ0n) is 10.5. The number of hydrogen-bond acceptors (Lipinski definition) is 6. The summed E-state index contributed by atoms with van der Waals surface area (Å²) in [5.41, 5.74) is 0.716.